The van der Waals surface area contributed by atoms with Crippen LogP contribution >= 0.6 is 0 Å². The van der Waals surface area contributed by atoms with Gasteiger partial charge in [-0.15, -0.1) is 5.10 Å². The van der Waals surface area contributed by atoms with E-state index in [2.05, 4.69) is 15.4 Å². The Bertz CT molecular complexity index is 825. The molecule has 2 aromatic carbocycles. The third-order valence-corrected chi connectivity index (χ3v) is 3.93. The van der Waals surface area contributed by atoms with Crippen LogP contribution in [0.25, 0.3) is 11.1 Å². The van der Waals surface area contributed by atoms with E-state index < -0.39 is 10.8 Å². The van der Waals surface area contributed by atoms with Crippen LogP contribution in [-0.2, 0) is 20.4 Å². The summed E-state index contributed by atoms with van der Waals surface area (Å²) < 4.78 is 16.9. The fourth-order valence-corrected chi connectivity index (χ4v) is 2.43. The number of carbonyl (C=O) groups excluding carboxylic acids is 2. The molecule has 0 spiro atoms. The topological polar surface area (TPSA) is 102 Å². The number of benzene rings is 2. The predicted molar refractivity (Wildman–Crippen MR) is 85.7 cm³/mol. The van der Waals surface area contributed by atoms with E-state index in [1.165, 1.54) is 6.20 Å². The Balaban J connectivity index is 0.000000647. The maximum atomic E-state index is 11.4. The lowest BCUT2D eigenvalue weighted by Gasteiger charge is -2.05. The minimum atomic E-state index is -0.952. The van der Waals surface area contributed by atoms with Gasteiger partial charge < -0.3 is 4.74 Å². The highest BCUT2D eigenvalue weighted by molar-refractivity contribution is 7.84. The van der Waals surface area contributed by atoms with Gasteiger partial charge in [0.15, 0.2) is 0 Å². The molecule has 3 aromatic rings. The molecule has 1 heterocycles. The van der Waals surface area contributed by atoms with E-state index in [-0.39, 0.29) is 6.15 Å². The quantitative estimate of drug-likeness (QED) is 0.780. The standard InChI is InChI=1S/C15H13N3O2S.CO2/c1-21(19)14-8-4-12(5-9-14)11-2-6-13(7-3-11)20-15-10-16-18-17-15;2-1-3/h2-10H,1H3,(H,16,17,18);. The number of nitrogens with zero attached hydrogens (tertiary/aromatic N) is 2. The number of ether oxygens (including phenoxy) is 1. The molecule has 1 atom stereocenters. The highest BCUT2D eigenvalue weighted by Gasteiger charge is 2.03. The van der Waals surface area contributed by atoms with Crippen molar-refractivity contribution in [3.63, 3.8) is 0 Å². The molecule has 24 heavy (non-hydrogen) atoms. The van der Waals surface area contributed by atoms with Crippen LogP contribution in [-0.4, -0.2) is 32.0 Å². The molecule has 122 valence electrons. The second-order valence-corrected chi connectivity index (χ2v) is 5.88. The lowest BCUT2D eigenvalue weighted by atomic mass is 10.1. The van der Waals surface area contributed by atoms with Gasteiger partial charge >= 0.3 is 6.15 Å². The summed E-state index contributed by atoms with van der Waals surface area (Å²) in [5.41, 5.74) is 2.13. The molecule has 0 amide bonds. The minimum Gasteiger partial charge on any atom is -0.436 e. The molecule has 0 radical (unpaired) electrons. The van der Waals surface area contributed by atoms with Gasteiger partial charge in [0.2, 0.25) is 0 Å². The van der Waals surface area contributed by atoms with Crippen LogP contribution in [0.4, 0.5) is 0 Å². The molecule has 3 rings (SSSR count). The summed E-state index contributed by atoms with van der Waals surface area (Å²) in [6.07, 6.45) is 3.43. The van der Waals surface area contributed by atoms with Crippen molar-refractivity contribution in [1.29, 1.82) is 0 Å². The Morgan fingerprint density at radius 1 is 1.00 bits per heavy atom. The molecule has 8 heteroatoms. The molecule has 1 unspecified atom stereocenters. The van der Waals surface area contributed by atoms with E-state index >= 15 is 0 Å². The van der Waals surface area contributed by atoms with E-state index in [4.69, 9.17) is 14.3 Å². The predicted octanol–water partition coefficient (Wildman–Crippen LogP) is 2.42. The number of rotatable bonds is 4. The van der Waals surface area contributed by atoms with Crippen LogP contribution < -0.4 is 4.74 Å². The number of H-pyrrole nitrogens is 1. The third kappa shape index (κ3) is 4.70. The summed E-state index contributed by atoms with van der Waals surface area (Å²) >= 11 is 0. The smallest absolute Gasteiger partial charge is 0.373 e. The molecule has 1 aromatic heterocycles. The summed E-state index contributed by atoms with van der Waals surface area (Å²) in [6.45, 7) is 0. The lowest BCUT2D eigenvalue weighted by molar-refractivity contribution is -0.191. The zero-order chi connectivity index (χ0) is 17.4. The molecule has 1 N–H and O–H groups in total. The molecule has 0 bridgehead atoms. The summed E-state index contributed by atoms with van der Waals surface area (Å²) in [4.78, 5) is 17.1. The van der Waals surface area contributed by atoms with E-state index in [0.29, 0.717) is 11.6 Å². The Hall–Kier alpha value is -3.09. The molecule has 0 aliphatic heterocycles. The summed E-state index contributed by atoms with van der Waals surface area (Å²) in [5.74, 6) is 1.12. The SMILES string of the molecule is CS(=O)c1ccc(-c2ccc(Oc3cn[nH]n3)cc2)cc1.O=C=O. The molecule has 0 aliphatic rings. The van der Waals surface area contributed by atoms with E-state index in [9.17, 15) is 4.21 Å². The number of aromatic amines is 1. The summed E-state index contributed by atoms with van der Waals surface area (Å²) in [7, 11) is -0.952. The van der Waals surface area contributed by atoms with Crippen molar-refractivity contribution in [3.8, 4) is 22.8 Å². The Kier molecular flexibility index (Phi) is 6.13. The van der Waals surface area contributed by atoms with E-state index in [1.54, 1.807) is 6.26 Å². The second-order valence-electron chi connectivity index (χ2n) is 4.50. The van der Waals surface area contributed by atoms with Gasteiger partial charge in [0.25, 0.3) is 5.88 Å². The van der Waals surface area contributed by atoms with Crippen molar-refractivity contribution < 1.29 is 18.5 Å². The van der Waals surface area contributed by atoms with Gasteiger partial charge in [-0.2, -0.15) is 19.9 Å². The van der Waals surface area contributed by atoms with E-state index in [1.807, 2.05) is 48.5 Å². The normalized spacial score (nSPS) is 10.9. The first-order valence-electron chi connectivity index (χ1n) is 6.71. The van der Waals surface area contributed by atoms with Crippen molar-refractivity contribution in [3.05, 3.63) is 54.7 Å². The highest BCUT2D eigenvalue weighted by Crippen LogP contribution is 2.25. The van der Waals surface area contributed by atoms with Gasteiger partial charge in [-0.1, -0.05) is 24.3 Å². The minimum absolute atomic E-state index is 0.250. The largest absolute Gasteiger partial charge is 0.436 e. The zero-order valence-corrected chi connectivity index (χ0v) is 13.4. The van der Waals surface area contributed by atoms with Crippen LogP contribution in [0.15, 0.2) is 59.6 Å². The van der Waals surface area contributed by atoms with Crippen molar-refractivity contribution in [1.82, 2.24) is 15.4 Å². The Morgan fingerprint density at radius 2 is 1.54 bits per heavy atom. The average molecular weight is 343 g/mol. The molecule has 0 fully saturated rings. The van der Waals surface area contributed by atoms with Gasteiger partial charge in [0, 0.05) is 22.0 Å². The Labute approximate surface area is 140 Å². The number of nitrogens with one attached hydrogen (secondary N) is 1. The number of aromatic nitrogens is 3. The maximum Gasteiger partial charge on any atom is 0.373 e. The van der Waals surface area contributed by atoms with Crippen LogP contribution in [0.3, 0.4) is 0 Å². The van der Waals surface area contributed by atoms with Crippen molar-refractivity contribution in [2.45, 2.75) is 4.90 Å². The summed E-state index contributed by atoms with van der Waals surface area (Å²) in [6, 6.07) is 15.4. The molecular weight excluding hydrogens is 330 g/mol. The van der Waals surface area contributed by atoms with Crippen molar-refractivity contribution in [2.75, 3.05) is 6.26 Å². The van der Waals surface area contributed by atoms with Crippen LogP contribution in [0.2, 0.25) is 0 Å². The van der Waals surface area contributed by atoms with Crippen molar-refractivity contribution in [2.24, 2.45) is 0 Å². The number of hydrogen-bond acceptors (Lipinski definition) is 6. The molecule has 0 aliphatic carbocycles. The molecule has 0 saturated carbocycles. The van der Waals surface area contributed by atoms with Gasteiger partial charge in [0.1, 0.15) is 11.9 Å². The zero-order valence-electron chi connectivity index (χ0n) is 12.6. The highest BCUT2D eigenvalue weighted by atomic mass is 32.2. The summed E-state index contributed by atoms with van der Waals surface area (Å²) in [5, 5.41) is 10.0. The first-order chi connectivity index (χ1) is 11.6. The Morgan fingerprint density at radius 3 is 2.00 bits per heavy atom. The first-order valence-corrected chi connectivity index (χ1v) is 8.26. The van der Waals surface area contributed by atoms with Gasteiger partial charge in [0.05, 0.1) is 0 Å². The molecular formula is C16H13N3O4S. The fraction of sp³-hybridized carbons (Fsp3) is 0.0625. The van der Waals surface area contributed by atoms with E-state index in [0.717, 1.165) is 16.0 Å². The average Bonchev–Trinajstić information content (AvgIpc) is 3.09. The van der Waals surface area contributed by atoms with Gasteiger partial charge in [-0.05, 0) is 35.4 Å². The first kappa shape index (κ1) is 17.3. The molecule has 0 saturated heterocycles. The van der Waals surface area contributed by atoms with Gasteiger partial charge in [-0.25, -0.2) is 0 Å². The monoisotopic (exact) mass is 343 g/mol. The van der Waals surface area contributed by atoms with Gasteiger partial charge in [-0.3, -0.25) is 4.21 Å². The number of hydrogen-bond donors (Lipinski definition) is 1. The van der Waals surface area contributed by atoms with Crippen LogP contribution in [0, 0.1) is 0 Å². The van der Waals surface area contributed by atoms with Crippen molar-refractivity contribution >= 4 is 17.0 Å². The third-order valence-electron chi connectivity index (χ3n) is 2.99. The second kappa shape index (κ2) is 8.52. The van der Waals surface area contributed by atoms with Crippen LogP contribution in [0.5, 0.6) is 11.6 Å². The maximum absolute atomic E-state index is 11.4. The fourth-order valence-electron chi connectivity index (χ4n) is 1.92. The lowest BCUT2D eigenvalue weighted by Crippen LogP contribution is -1.87. The molecule has 7 nitrogen and oxygen atoms in total. The van der Waals surface area contributed by atoms with Crippen LogP contribution in [0.1, 0.15) is 0 Å².